The number of hydrogen-bond donors (Lipinski definition) is 2. The fourth-order valence-corrected chi connectivity index (χ4v) is 3.96. The molecular weight excluding hydrogens is 483 g/mol. The highest BCUT2D eigenvalue weighted by Gasteiger charge is 2.30. The molecule has 1 aliphatic rings. The van der Waals surface area contributed by atoms with E-state index in [-0.39, 0.29) is 5.95 Å². The van der Waals surface area contributed by atoms with Crippen LogP contribution < -0.4 is 15.1 Å². The maximum absolute atomic E-state index is 13.1. The Bertz CT molecular complexity index is 1380. The fraction of sp³-hybridized carbons (Fsp3) is 0.240. The number of H-pyrrole nitrogens is 1. The smallest absolute Gasteiger partial charge is 0.368 e. The van der Waals surface area contributed by atoms with Gasteiger partial charge in [-0.15, -0.1) is 0 Å². The molecule has 0 unspecified atom stereocenters. The molecule has 0 atom stereocenters. The van der Waals surface area contributed by atoms with Crippen LogP contribution in [-0.4, -0.2) is 56.3 Å². The van der Waals surface area contributed by atoms with E-state index in [4.69, 9.17) is 0 Å². The molecule has 0 aliphatic carbocycles. The van der Waals surface area contributed by atoms with Crippen molar-refractivity contribution >= 4 is 35.6 Å². The lowest BCUT2D eigenvalue weighted by Crippen LogP contribution is -2.47. The predicted molar refractivity (Wildman–Crippen MR) is 135 cm³/mol. The first-order valence-electron chi connectivity index (χ1n) is 11.6. The second-order valence-corrected chi connectivity index (χ2v) is 8.51. The molecule has 3 aromatic heterocycles. The van der Waals surface area contributed by atoms with Crippen molar-refractivity contribution in [1.29, 1.82) is 0 Å². The van der Waals surface area contributed by atoms with E-state index in [1.165, 1.54) is 6.07 Å². The molecule has 12 heteroatoms. The van der Waals surface area contributed by atoms with Gasteiger partial charge in [0.15, 0.2) is 11.6 Å². The number of pyridine rings is 1. The van der Waals surface area contributed by atoms with Gasteiger partial charge in [0, 0.05) is 56.0 Å². The quantitative estimate of drug-likeness (QED) is 0.392. The number of nitrogens with one attached hydrogen (secondary N) is 2. The molecule has 2 N–H and O–H groups in total. The monoisotopic (exact) mass is 507 g/mol. The van der Waals surface area contributed by atoms with Crippen LogP contribution in [0.4, 0.5) is 36.6 Å². The first kappa shape index (κ1) is 24.2. The molecule has 5 rings (SSSR count). The standard InChI is InChI=1S/C25H24F3N9/c1-17-15-22(35-34-17)31-23-30-21(6-5-18-3-2-4-19(16-18)25(26,27)28)32-24(33-23)37-13-11-36(12-14-37)20-7-9-29-10-8-20/h2-10,15-16H,11-14H2,1H3,(H2,30,31,32,33,34,35)/b6-5+. The summed E-state index contributed by atoms with van der Waals surface area (Å²) in [6.45, 7) is 4.79. The molecule has 0 saturated carbocycles. The number of rotatable bonds is 6. The number of anilines is 4. The number of alkyl halides is 3. The Hall–Kier alpha value is -4.48. The highest BCUT2D eigenvalue weighted by atomic mass is 19.4. The molecule has 1 saturated heterocycles. The van der Waals surface area contributed by atoms with Crippen LogP contribution in [-0.2, 0) is 6.18 Å². The van der Waals surface area contributed by atoms with Gasteiger partial charge in [-0.1, -0.05) is 18.2 Å². The first-order chi connectivity index (χ1) is 17.8. The van der Waals surface area contributed by atoms with Crippen molar-refractivity contribution in [3.05, 3.63) is 77.5 Å². The molecule has 1 aliphatic heterocycles. The summed E-state index contributed by atoms with van der Waals surface area (Å²) in [5.41, 5.74) is 1.65. The SMILES string of the molecule is Cc1cc(Nc2nc(/C=C/c3cccc(C(F)(F)F)c3)nc(N3CCN(c4ccncc4)CC3)n2)n[nH]1. The van der Waals surface area contributed by atoms with E-state index < -0.39 is 11.7 Å². The van der Waals surface area contributed by atoms with Gasteiger partial charge in [0.1, 0.15) is 0 Å². The molecule has 1 aromatic carbocycles. The average Bonchev–Trinajstić information content (AvgIpc) is 3.32. The molecule has 1 fully saturated rings. The first-order valence-corrected chi connectivity index (χ1v) is 11.6. The number of hydrogen-bond acceptors (Lipinski definition) is 8. The summed E-state index contributed by atoms with van der Waals surface area (Å²) in [6.07, 6.45) is 2.26. The van der Waals surface area contributed by atoms with E-state index in [0.717, 1.165) is 36.6 Å². The van der Waals surface area contributed by atoms with Crippen molar-refractivity contribution in [3.63, 3.8) is 0 Å². The second kappa shape index (κ2) is 10.2. The normalized spacial score (nSPS) is 14.4. The number of piperazine rings is 1. The van der Waals surface area contributed by atoms with Gasteiger partial charge in [-0.3, -0.25) is 10.1 Å². The minimum Gasteiger partial charge on any atom is -0.368 e. The lowest BCUT2D eigenvalue weighted by atomic mass is 10.1. The molecule has 4 heterocycles. The molecule has 0 radical (unpaired) electrons. The van der Waals surface area contributed by atoms with Gasteiger partial charge < -0.3 is 15.1 Å². The summed E-state index contributed by atoms with van der Waals surface area (Å²) in [5, 5.41) is 10.1. The summed E-state index contributed by atoms with van der Waals surface area (Å²) in [4.78, 5) is 22.0. The highest BCUT2D eigenvalue weighted by Crippen LogP contribution is 2.30. The number of aromatic amines is 1. The van der Waals surface area contributed by atoms with Gasteiger partial charge in [-0.2, -0.15) is 33.2 Å². The Morgan fingerprint density at radius 2 is 1.68 bits per heavy atom. The summed E-state index contributed by atoms with van der Waals surface area (Å²) >= 11 is 0. The van der Waals surface area contributed by atoms with Crippen molar-refractivity contribution in [1.82, 2.24) is 30.1 Å². The molecule has 0 spiro atoms. The van der Waals surface area contributed by atoms with Crippen molar-refractivity contribution < 1.29 is 13.2 Å². The molecular formula is C25H24F3N9. The van der Waals surface area contributed by atoms with Crippen LogP contribution in [0.3, 0.4) is 0 Å². The Morgan fingerprint density at radius 1 is 0.919 bits per heavy atom. The zero-order valence-corrected chi connectivity index (χ0v) is 19.9. The molecule has 37 heavy (non-hydrogen) atoms. The minimum atomic E-state index is -4.42. The largest absolute Gasteiger partial charge is 0.416 e. The molecule has 0 amide bonds. The van der Waals surface area contributed by atoms with Gasteiger partial charge in [0.2, 0.25) is 11.9 Å². The lowest BCUT2D eigenvalue weighted by Gasteiger charge is -2.36. The van der Waals surface area contributed by atoms with Crippen molar-refractivity contribution in [3.8, 4) is 0 Å². The van der Waals surface area contributed by atoms with Crippen LogP contribution in [0.25, 0.3) is 12.2 Å². The second-order valence-electron chi connectivity index (χ2n) is 8.51. The van der Waals surface area contributed by atoms with E-state index >= 15 is 0 Å². The number of benzene rings is 1. The summed E-state index contributed by atoms with van der Waals surface area (Å²) in [7, 11) is 0. The van der Waals surface area contributed by atoms with Gasteiger partial charge in [-0.05, 0) is 42.8 Å². The van der Waals surface area contributed by atoms with Gasteiger partial charge >= 0.3 is 6.18 Å². The van der Waals surface area contributed by atoms with E-state index in [0.29, 0.717) is 36.2 Å². The topological polar surface area (TPSA) is 98.8 Å². The summed E-state index contributed by atoms with van der Waals surface area (Å²) in [5.74, 6) is 1.62. The molecule has 190 valence electrons. The van der Waals surface area contributed by atoms with Crippen LogP contribution >= 0.6 is 0 Å². The Balaban J connectivity index is 1.40. The zero-order chi connectivity index (χ0) is 25.8. The molecule has 4 aromatic rings. The summed E-state index contributed by atoms with van der Waals surface area (Å²) < 4.78 is 39.3. The maximum Gasteiger partial charge on any atom is 0.416 e. The molecule has 0 bridgehead atoms. The van der Waals surface area contributed by atoms with E-state index in [1.54, 1.807) is 30.6 Å². The van der Waals surface area contributed by atoms with E-state index in [1.807, 2.05) is 25.1 Å². The van der Waals surface area contributed by atoms with E-state index in [9.17, 15) is 13.2 Å². The molecule has 9 nitrogen and oxygen atoms in total. The number of aromatic nitrogens is 6. The fourth-order valence-electron chi connectivity index (χ4n) is 3.96. The van der Waals surface area contributed by atoms with Gasteiger partial charge in [0.25, 0.3) is 0 Å². The summed E-state index contributed by atoms with van der Waals surface area (Å²) in [6, 6.07) is 10.9. The zero-order valence-electron chi connectivity index (χ0n) is 19.9. The Labute approximate surface area is 211 Å². The van der Waals surface area contributed by atoms with Gasteiger partial charge in [-0.25, -0.2) is 0 Å². The lowest BCUT2D eigenvalue weighted by molar-refractivity contribution is -0.137. The third kappa shape index (κ3) is 6.02. The predicted octanol–water partition coefficient (Wildman–Crippen LogP) is 4.56. The van der Waals surface area contributed by atoms with Crippen molar-refractivity contribution in [2.24, 2.45) is 0 Å². The number of halogens is 3. The number of nitrogens with zero attached hydrogens (tertiary/aromatic N) is 7. The van der Waals surface area contributed by atoms with Crippen LogP contribution in [0.1, 0.15) is 22.6 Å². The van der Waals surface area contributed by atoms with Crippen LogP contribution in [0.15, 0.2) is 54.9 Å². The van der Waals surface area contributed by atoms with Crippen molar-refractivity contribution in [2.75, 3.05) is 41.3 Å². The Morgan fingerprint density at radius 3 is 2.38 bits per heavy atom. The van der Waals surface area contributed by atoms with Gasteiger partial charge in [0.05, 0.1) is 5.56 Å². The van der Waals surface area contributed by atoms with Crippen LogP contribution in [0, 0.1) is 6.92 Å². The maximum atomic E-state index is 13.1. The highest BCUT2D eigenvalue weighted by molar-refractivity contribution is 5.68. The number of aryl methyl sites for hydroxylation is 1. The average molecular weight is 508 g/mol. The third-order valence-electron chi connectivity index (χ3n) is 5.82. The van der Waals surface area contributed by atoms with Crippen LogP contribution in [0.5, 0.6) is 0 Å². The third-order valence-corrected chi connectivity index (χ3v) is 5.82. The minimum absolute atomic E-state index is 0.289. The Kier molecular flexibility index (Phi) is 6.71. The van der Waals surface area contributed by atoms with Crippen LogP contribution in [0.2, 0.25) is 0 Å². The van der Waals surface area contributed by atoms with E-state index in [2.05, 4.69) is 45.2 Å². The van der Waals surface area contributed by atoms with Crippen molar-refractivity contribution in [2.45, 2.75) is 13.1 Å².